The predicted molar refractivity (Wildman–Crippen MR) is 110 cm³/mol. The molecule has 30 heavy (non-hydrogen) atoms. The fourth-order valence-corrected chi connectivity index (χ4v) is 5.41. The third-order valence-corrected chi connectivity index (χ3v) is 7.24. The number of amides is 1. The van der Waals surface area contributed by atoms with Crippen molar-refractivity contribution < 1.29 is 32.1 Å². The molecule has 2 rings (SSSR count). The third-order valence-electron chi connectivity index (χ3n) is 4.12. The zero-order valence-corrected chi connectivity index (χ0v) is 18.7. The SMILES string of the molecule is CCN(C(=O)C(C)CS(=O)CCCC(F)(F)F)c1sc(-c2ccc[n+](O)c2)nc1Cl. The maximum Gasteiger partial charge on any atom is 0.389 e. The zero-order valence-electron chi connectivity index (χ0n) is 16.4. The van der Waals surface area contributed by atoms with E-state index in [0.717, 1.165) is 4.73 Å². The number of hydrogen-bond donors (Lipinski definition) is 1. The summed E-state index contributed by atoms with van der Waals surface area (Å²) in [7, 11) is -1.54. The van der Waals surface area contributed by atoms with Crippen LogP contribution in [0.1, 0.15) is 26.7 Å². The molecule has 0 aliphatic carbocycles. The molecule has 1 N–H and O–H groups in total. The number of pyridine rings is 1. The third kappa shape index (κ3) is 6.92. The zero-order chi connectivity index (χ0) is 22.5. The second-order valence-corrected chi connectivity index (χ2v) is 9.56. The molecular weight excluding hydrogens is 463 g/mol. The highest BCUT2D eigenvalue weighted by Gasteiger charge is 2.29. The van der Waals surface area contributed by atoms with Crippen LogP contribution in [-0.2, 0) is 15.6 Å². The van der Waals surface area contributed by atoms with Crippen molar-refractivity contribution in [1.29, 1.82) is 0 Å². The lowest BCUT2D eigenvalue weighted by molar-refractivity contribution is -0.904. The number of rotatable bonds is 9. The van der Waals surface area contributed by atoms with E-state index < -0.39 is 29.3 Å². The molecule has 0 radical (unpaired) electrons. The van der Waals surface area contributed by atoms with Gasteiger partial charge in [-0.3, -0.25) is 14.2 Å². The number of anilines is 1. The van der Waals surface area contributed by atoms with Crippen LogP contribution in [0.3, 0.4) is 0 Å². The molecule has 0 saturated carbocycles. The van der Waals surface area contributed by atoms with Crippen LogP contribution < -0.4 is 9.63 Å². The molecule has 0 aliphatic rings. The maximum absolute atomic E-state index is 12.9. The van der Waals surface area contributed by atoms with Crippen LogP contribution >= 0.6 is 22.9 Å². The lowest BCUT2D eigenvalue weighted by Gasteiger charge is -2.23. The fraction of sp³-hybridized carbons (Fsp3) is 0.500. The van der Waals surface area contributed by atoms with Gasteiger partial charge in [-0.05, 0) is 19.4 Å². The number of thiazole rings is 1. The molecule has 2 aromatic rings. The summed E-state index contributed by atoms with van der Waals surface area (Å²) in [6, 6.07) is 3.36. The molecule has 2 aromatic heterocycles. The van der Waals surface area contributed by atoms with Gasteiger partial charge in [0, 0.05) is 52.0 Å². The molecule has 1 amide bonds. The minimum Gasteiger partial charge on any atom is -0.301 e. The summed E-state index contributed by atoms with van der Waals surface area (Å²) < 4.78 is 49.7. The normalized spacial score (nSPS) is 13.8. The number of carbonyl (C=O) groups excluding carboxylic acids is 1. The van der Waals surface area contributed by atoms with Gasteiger partial charge < -0.3 is 4.90 Å². The summed E-state index contributed by atoms with van der Waals surface area (Å²) in [5.41, 5.74) is 0.612. The van der Waals surface area contributed by atoms with Gasteiger partial charge >= 0.3 is 6.18 Å². The van der Waals surface area contributed by atoms with Crippen LogP contribution in [-0.4, -0.2) is 44.5 Å². The van der Waals surface area contributed by atoms with E-state index in [1.54, 1.807) is 26.0 Å². The van der Waals surface area contributed by atoms with Gasteiger partial charge in [-0.1, -0.05) is 29.9 Å². The Balaban J connectivity index is 2.08. The van der Waals surface area contributed by atoms with Crippen molar-refractivity contribution in [2.75, 3.05) is 23.0 Å². The molecule has 0 aromatic carbocycles. The first-order valence-electron chi connectivity index (χ1n) is 9.12. The van der Waals surface area contributed by atoms with E-state index in [-0.39, 0.29) is 29.0 Å². The summed E-state index contributed by atoms with van der Waals surface area (Å²) in [4.78, 5) is 18.6. The van der Waals surface area contributed by atoms with E-state index >= 15 is 0 Å². The summed E-state index contributed by atoms with van der Waals surface area (Å²) in [5.74, 6) is -1.12. The number of alkyl halides is 3. The van der Waals surface area contributed by atoms with Gasteiger partial charge in [0.05, 0.1) is 5.56 Å². The summed E-state index contributed by atoms with van der Waals surface area (Å²) >= 11 is 7.42. The Morgan fingerprint density at radius 3 is 2.77 bits per heavy atom. The van der Waals surface area contributed by atoms with Crippen molar-refractivity contribution in [2.45, 2.75) is 32.9 Å². The summed E-state index contributed by atoms with van der Waals surface area (Å²) in [5, 5.41) is 10.6. The molecule has 0 spiro atoms. The quantitative estimate of drug-likeness (QED) is 0.430. The molecule has 166 valence electrons. The molecule has 2 heterocycles. The number of aromatic nitrogens is 2. The minimum atomic E-state index is -4.28. The monoisotopic (exact) mass is 484 g/mol. The van der Waals surface area contributed by atoms with Crippen LogP contribution in [0.25, 0.3) is 10.6 Å². The van der Waals surface area contributed by atoms with E-state index in [4.69, 9.17) is 11.6 Å². The second-order valence-electron chi connectivity index (χ2n) is 6.60. The van der Waals surface area contributed by atoms with Gasteiger partial charge in [-0.2, -0.15) is 13.2 Å². The largest absolute Gasteiger partial charge is 0.389 e. The topological polar surface area (TPSA) is 74.4 Å². The Labute approximate surface area is 183 Å². The maximum atomic E-state index is 12.9. The van der Waals surface area contributed by atoms with E-state index in [1.165, 1.54) is 28.6 Å². The van der Waals surface area contributed by atoms with Gasteiger partial charge in [0.15, 0.2) is 5.15 Å². The second kappa shape index (κ2) is 10.5. The Bertz CT molecular complexity index is 908. The smallest absolute Gasteiger partial charge is 0.301 e. The Kier molecular flexibility index (Phi) is 8.62. The number of halogens is 4. The number of carbonyl (C=O) groups is 1. The minimum absolute atomic E-state index is 0.0281. The molecule has 2 atom stereocenters. The van der Waals surface area contributed by atoms with Gasteiger partial charge in [0.2, 0.25) is 18.3 Å². The average molecular weight is 485 g/mol. The molecule has 0 bridgehead atoms. The Hall–Kier alpha value is -1.72. The molecular formula is C18H22ClF3N3O3S2+. The van der Waals surface area contributed by atoms with Crippen LogP contribution in [0.2, 0.25) is 5.15 Å². The molecule has 12 heteroatoms. The summed E-state index contributed by atoms with van der Waals surface area (Å²) in [6.07, 6.45) is -2.61. The standard InChI is InChI=1S/C18H22ClF3N3O3S2/c1-3-25(16(26)12(2)11-30(28)9-5-7-18(20,21)22)17-14(19)23-15(29-17)13-6-4-8-24(27)10-13/h4,6,8,10,12,27H,3,5,7,9,11H2,1-2H3/q+1. The van der Waals surface area contributed by atoms with Gasteiger partial charge in [-0.25, -0.2) is 4.98 Å². The lowest BCUT2D eigenvalue weighted by atomic mass is 10.2. The van der Waals surface area contributed by atoms with E-state index in [2.05, 4.69) is 4.98 Å². The lowest BCUT2D eigenvalue weighted by Crippen LogP contribution is -2.37. The molecule has 2 unspecified atom stereocenters. The fourth-order valence-electron chi connectivity index (χ4n) is 2.71. The number of hydrogen-bond acceptors (Lipinski definition) is 5. The predicted octanol–water partition coefficient (Wildman–Crippen LogP) is 4.07. The summed E-state index contributed by atoms with van der Waals surface area (Å²) in [6.45, 7) is 3.64. The van der Waals surface area contributed by atoms with Crippen LogP contribution in [0.4, 0.5) is 18.2 Å². The first-order valence-corrected chi connectivity index (χ1v) is 11.8. The first-order chi connectivity index (χ1) is 14.0. The Morgan fingerprint density at radius 2 is 2.17 bits per heavy atom. The molecule has 0 fully saturated rings. The molecule has 6 nitrogen and oxygen atoms in total. The van der Waals surface area contributed by atoms with Gasteiger partial charge in [0.25, 0.3) is 0 Å². The molecule has 0 aliphatic heterocycles. The van der Waals surface area contributed by atoms with E-state index in [0.29, 0.717) is 22.1 Å². The van der Waals surface area contributed by atoms with Crippen molar-refractivity contribution in [3.05, 3.63) is 29.7 Å². The molecule has 0 saturated heterocycles. The van der Waals surface area contributed by atoms with Gasteiger partial charge in [-0.15, -0.1) is 0 Å². The first kappa shape index (κ1) is 24.5. The highest BCUT2D eigenvalue weighted by Crippen LogP contribution is 2.37. The van der Waals surface area contributed by atoms with Crippen molar-refractivity contribution in [3.8, 4) is 10.6 Å². The van der Waals surface area contributed by atoms with Crippen LogP contribution in [0.15, 0.2) is 24.5 Å². The highest BCUT2D eigenvalue weighted by molar-refractivity contribution is 7.85. The van der Waals surface area contributed by atoms with E-state index in [1.807, 2.05) is 0 Å². The van der Waals surface area contributed by atoms with Crippen molar-refractivity contribution in [3.63, 3.8) is 0 Å². The number of nitrogens with zero attached hydrogens (tertiary/aromatic N) is 3. The average Bonchev–Trinajstić information content (AvgIpc) is 3.03. The van der Waals surface area contributed by atoms with Gasteiger partial charge in [0.1, 0.15) is 10.0 Å². The highest BCUT2D eigenvalue weighted by atomic mass is 35.5. The van der Waals surface area contributed by atoms with Crippen LogP contribution in [0, 0.1) is 5.92 Å². The van der Waals surface area contributed by atoms with Crippen molar-refractivity contribution in [2.24, 2.45) is 5.92 Å². The van der Waals surface area contributed by atoms with Crippen molar-refractivity contribution >= 4 is 44.6 Å². The Morgan fingerprint density at radius 1 is 1.47 bits per heavy atom. The van der Waals surface area contributed by atoms with Crippen molar-refractivity contribution in [1.82, 2.24) is 4.98 Å². The van der Waals surface area contributed by atoms with Crippen LogP contribution in [0.5, 0.6) is 0 Å². The van der Waals surface area contributed by atoms with E-state index in [9.17, 15) is 27.4 Å².